The smallest absolute Gasteiger partial charge is 0.300 e. The Bertz CT molecular complexity index is 1370. The number of halogens is 1. The minimum atomic E-state index is -3.98. The average Bonchev–Trinajstić information content (AvgIpc) is 3.01. The molecule has 0 spiro atoms. The predicted molar refractivity (Wildman–Crippen MR) is 111 cm³/mol. The van der Waals surface area contributed by atoms with Crippen LogP contribution in [0.4, 0.5) is 11.4 Å². The van der Waals surface area contributed by atoms with Crippen LogP contribution >= 0.6 is 10.7 Å². The standard InChI is InChI=1S/C19H16ClN5O4S/c1-11-6-4-5-7-15(11)25-19(26)18(14(10-21)24-25)23-22-13-8-12(2)17(30(20,27)28)9-16(13)29-3/h4-9,24H,1-3H3/b23-22+. The van der Waals surface area contributed by atoms with E-state index < -0.39 is 14.6 Å². The predicted octanol–water partition coefficient (Wildman–Crippen LogP) is 4.01. The van der Waals surface area contributed by atoms with Crippen molar-refractivity contribution in [3.8, 4) is 17.5 Å². The van der Waals surface area contributed by atoms with E-state index in [-0.39, 0.29) is 27.7 Å². The number of azo groups is 1. The summed E-state index contributed by atoms with van der Waals surface area (Å²) in [7, 11) is 2.78. The molecule has 0 radical (unpaired) electrons. The normalized spacial score (nSPS) is 11.6. The summed E-state index contributed by atoms with van der Waals surface area (Å²) in [6.07, 6.45) is 0. The van der Waals surface area contributed by atoms with Crippen molar-refractivity contribution in [2.75, 3.05) is 7.11 Å². The molecule has 1 N–H and O–H groups in total. The molecule has 3 rings (SSSR count). The molecule has 0 fully saturated rings. The van der Waals surface area contributed by atoms with E-state index in [1.165, 1.54) is 30.8 Å². The van der Waals surface area contributed by atoms with Crippen LogP contribution in [0.25, 0.3) is 5.69 Å². The third-order valence-corrected chi connectivity index (χ3v) is 5.79. The van der Waals surface area contributed by atoms with Gasteiger partial charge in [-0.05, 0) is 37.1 Å². The number of nitrogens with one attached hydrogen (secondary N) is 1. The van der Waals surface area contributed by atoms with Crippen molar-refractivity contribution < 1.29 is 13.2 Å². The maximum Gasteiger partial charge on any atom is 0.300 e. The van der Waals surface area contributed by atoms with Crippen molar-refractivity contribution in [1.82, 2.24) is 9.78 Å². The maximum atomic E-state index is 12.8. The molecular weight excluding hydrogens is 430 g/mol. The fourth-order valence-electron chi connectivity index (χ4n) is 2.85. The van der Waals surface area contributed by atoms with Gasteiger partial charge in [-0.15, -0.1) is 10.2 Å². The second kappa shape index (κ2) is 8.14. The van der Waals surface area contributed by atoms with Gasteiger partial charge < -0.3 is 4.74 Å². The summed E-state index contributed by atoms with van der Waals surface area (Å²) in [6.45, 7) is 3.37. The van der Waals surface area contributed by atoms with Gasteiger partial charge in [0.15, 0.2) is 11.4 Å². The first-order valence-corrected chi connectivity index (χ1v) is 10.8. The average molecular weight is 446 g/mol. The lowest BCUT2D eigenvalue weighted by Crippen LogP contribution is -2.15. The third-order valence-electron chi connectivity index (χ3n) is 4.33. The second-order valence-corrected chi connectivity index (χ2v) is 8.84. The van der Waals surface area contributed by atoms with Crippen molar-refractivity contribution in [3.05, 3.63) is 63.6 Å². The van der Waals surface area contributed by atoms with Gasteiger partial charge in [-0.3, -0.25) is 9.89 Å². The molecule has 154 valence electrons. The summed E-state index contributed by atoms with van der Waals surface area (Å²) in [5.74, 6) is 0.0943. The Balaban J connectivity index is 2.12. The second-order valence-electron chi connectivity index (χ2n) is 6.30. The summed E-state index contributed by atoms with van der Waals surface area (Å²) in [4.78, 5) is 12.7. The zero-order chi connectivity index (χ0) is 22.1. The van der Waals surface area contributed by atoms with E-state index in [0.29, 0.717) is 11.3 Å². The summed E-state index contributed by atoms with van der Waals surface area (Å²) in [6, 6.07) is 11.7. The molecule has 0 atom stereocenters. The number of methoxy groups -OCH3 is 1. The van der Waals surface area contributed by atoms with Gasteiger partial charge in [0.1, 0.15) is 17.5 Å². The Labute approximate surface area is 176 Å². The Kier molecular flexibility index (Phi) is 5.78. The molecule has 9 nitrogen and oxygen atoms in total. The van der Waals surface area contributed by atoms with Gasteiger partial charge in [0.05, 0.1) is 17.7 Å². The topological polar surface area (TPSA) is 130 Å². The van der Waals surface area contributed by atoms with Crippen molar-refractivity contribution >= 4 is 31.1 Å². The Morgan fingerprint density at radius 1 is 1.17 bits per heavy atom. The third kappa shape index (κ3) is 3.98. The number of hydrogen-bond acceptors (Lipinski definition) is 7. The van der Waals surface area contributed by atoms with Crippen molar-refractivity contribution in [3.63, 3.8) is 0 Å². The van der Waals surface area contributed by atoms with Crippen molar-refractivity contribution in [2.45, 2.75) is 18.7 Å². The molecular formula is C19H16ClN5O4S. The van der Waals surface area contributed by atoms with E-state index in [1.807, 2.05) is 25.1 Å². The van der Waals surface area contributed by atoms with Crippen LogP contribution < -0.4 is 10.3 Å². The lowest BCUT2D eigenvalue weighted by Gasteiger charge is -2.08. The Morgan fingerprint density at radius 3 is 2.47 bits per heavy atom. The number of para-hydroxylation sites is 1. The summed E-state index contributed by atoms with van der Waals surface area (Å²) < 4.78 is 29.7. The molecule has 0 amide bonds. The Hall–Kier alpha value is -3.42. The molecule has 2 aromatic carbocycles. The van der Waals surface area contributed by atoms with E-state index in [4.69, 9.17) is 15.4 Å². The first-order chi connectivity index (χ1) is 14.2. The molecule has 1 heterocycles. The molecule has 0 bridgehead atoms. The highest BCUT2D eigenvalue weighted by Gasteiger charge is 2.19. The number of aromatic nitrogens is 2. The number of H-pyrrole nitrogens is 1. The van der Waals surface area contributed by atoms with Crippen LogP contribution in [0.5, 0.6) is 5.75 Å². The minimum Gasteiger partial charge on any atom is -0.494 e. The van der Waals surface area contributed by atoms with Crippen LogP contribution in [0.15, 0.2) is 56.3 Å². The number of nitriles is 1. The first-order valence-electron chi connectivity index (χ1n) is 8.53. The number of aromatic amines is 1. The van der Waals surface area contributed by atoms with E-state index >= 15 is 0 Å². The number of aryl methyl sites for hydroxylation is 2. The summed E-state index contributed by atoms with van der Waals surface area (Å²) >= 11 is 0. The molecule has 30 heavy (non-hydrogen) atoms. The fourth-order valence-corrected chi connectivity index (χ4v) is 4.04. The van der Waals surface area contributed by atoms with Crippen LogP contribution in [-0.4, -0.2) is 25.3 Å². The number of ether oxygens (including phenoxy) is 1. The van der Waals surface area contributed by atoms with Gasteiger partial charge >= 0.3 is 0 Å². The van der Waals surface area contributed by atoms with E-state index in [0.717, 1.165) is 5.56 Å². The van der Waals surface area contributed by atoms with Crippen molar-refractivity contribution in [2.24, 2.45) is 10.2 Å². The largest absolute Gasteiger partial charge is 0.494 e. The van der Waals surface area contributed by atoms with E-state index in [9.17, 15) is 18.5 Å². The first kappa shape index (κ1) is 21.3. The van der Waals surface area contributed by atoms with Crippen molar-refractivity contribution in [1.29, 1.82) is 5.26 Å². The number of benzene rings is 2. The number of nitrogens with zero attached hydrogens (tertiary/aromatic N) is 4. The van der Waals surface area contributed by atoms with Crippen LogP contribution in [0.3, 0.4) is 0 Å². The van der Waals surface area contributed by atoms with E-state index in [1.54, 1.807) is 12.1 Å². The maximum absolute atomic E-state index is 12.8. The quantitative estimate of drug-likeness (QED) is 0.468. The molecule has 0 aliphatic rings. The van der Waals surface area contributed by atoms with Crippen LogP contribution in [0, 0.1) is 25.2 Å². The molecule has 3 aromatic rings. The zero-order valence-corrected chi connectivity index (χ0v) is 17.7. The zero-order valence-electron chi connectivity index (χ0n) is 16.2. The summed E-state index contributed by atoms with van der Waals surface area (Å²) in [5, 5.41) is 20.1. The van der Waals surface area contributed by atoms with E-state index in [2.05, 4.69) is 15.3 Å². The van der Waals surface area contributed by atoms with Gasteiger partial charge in [0, 0.05) is 16.7 Å². The van der Waals surface area contributed by atoms with Crippen LogP contribution in [-0.2, 0) is 9.05 Å². The Morgan fingerprint density at radius 2 is 1.87 bits per heavy atom. The number of rotatable bonds is 5. The van der Waals surface area contributed by atoms with Crippen LogP contribution in [0.2, 0.25) is 0 Å². The summed E-state index contributed by atoms with van der Waals surface area (Å²) in [5.41, 5.74) is 1.09. The number of hydrogen-bond donors (Lipinski definition) is 1. The highest BCUT2D eigenvalue weighted by atomic mass is 35.7. The monoisotopic (exact) mass is 445 g/mol. The lowest BCUT2D eigenvalue weighted by atomic mass is 10.2. The molecule has 0 aliphatic heterocycles. The highest BCUT2D eigenvalue weighted by molar-refractivity contribution is 8.13. The van der Waals surface area contributed by atoms with Gasteiger partial charge in [-0.2, -0.15) is 5.26 Å². The van der Waals surface area contributed by atoms with Gasteiger partial charge in [0.25, 0.3) is 14.6 Å². The highest BCUT2D eigenvalue weighted by Crippen LogP contribution is 2.35. The van der Waals surface area contributed by atoms with Gasteiger partial charge in [-0.25, -0.2) is 13.1 Å². The van der Waals surface area contributed by atoms with Gasteiger partial charge in [0.2, 0.25) is 0 Å². The minimum absolute atomic E-state index is 0.0670. The van der Waals surface area contributed by atoms with Crippen LogP contribution in [0.1, 0.15) is 16.8 Å². The molecule has 1 aromatic heterocycles. The molecule has 11 heteroatoms. The molecule has 0 saturated heterocycles. The van der Waals surface area contributed by atoms with Gasteiger partial charge in [-0.1, -0.05) is 18.2 Å². The fraction of sp³-hybridized carbons (Fsp3) is 0.158. The SMILES string of the molecule is COc1cc(S(=O)(=O)Cl)c(C)cc1/N=N/c1c(C#N)[nH]n(-c2ccccc2C)c1=O. The lowest BCUT2D eigenvalue weighted by molar-refractivity contribution is 0.414. The molecule has 0 aliphatic carbocycles. The molecule has 0 saturated carbocycles. The molecule has 0 unspecified atom stereocenters.